The molecule has 8 rings (SSSR count). The first-order valence-corrected chi connectivity index (χ1v) is 20.2. The van der Waals surface area contributed by atoms with Crippen molar-refractivity contribution in [3.05, 3.63) is 100 Å². The molecule has 1 atom stereocenters. The molecule has 4 N–H and O–H groups in total. The number of fused-ring (bicyclic) bond motifs is 2. The Bertz CT molecular complexity index is 2270. The average Bonchev–Trinajstić information content (AvgIpc) is 3.76. The maximum Gasteiger partial charge on any atom is 0.306 e. The van der Waals surface area contributed by atoms with Gasteiger partial charge in [0.15, 0.2) is 5.82 Å². The van der Waals surface area contributed by atoms with Crippen LogP contribution in [0, 0.1) is 18.8 Å². The molecule has 2 aromatic heterocycles. The van der Waals surface area contributed by atoms with E-state index in [9.17, 15) is 19.8 Å². The number of aliphatic hydroxyl groups is 1. The number of hydrogen-bond donors (Lipinski definition) is 4. The van der Waals surface area contributed by atoms with E-state index >= 15 is 0 Å². The van der Waals surface area contributed by atoms with Crippen LogP contribution in [0.25, 0.3) is 21.9 Å². The largest absolute Gasteiger partial charge is 0.481 e. The number of benzene rings is 3. The van der Waals surface area contributed by atoms with Gasteiger partial charge in [0.25, 0.3) is 5.91 Å². The number of nitrogens with zero attached hydrogens (tertiary/aromatic N) is 5. The highest BCUT2D eigenvalue weighted by molar-refractivity contribution is 6.36. The van der Waals surface area contributed by atoms with Crippen molar-refractivity contribution in [3.63, 3.8) is 0 Å². The van der Waals surface area contributed by atoms with Gasteiger partial charge in [-0.3, -0.25) is 19.4 Å². The summed E-state index contributed by atoms with van der Waals surface area (Å²) >= 11 is 7.08. The number of carboxylic acid groups (broad SMARTS) is 1. The predicted molar refractivity (Wildman–Crippen MR) is 220 cm³/mol. The van der Waals surface area contributed by atoms with Crippen LogP contribution in [0.1, 0.15) is 71.7 Å². The van der Waals surface area contributed by atoms with Crippen LogP contribution < -0.4 is 10.6 Å². The lowest BCUT2D eigenvalue weighted by atomic mass is 9.80. The van der Waals surface area contributed by atoms with Gasteiger partial charge in [-0.05, 0) is 104 Å². The number of carboxylic acids is 1. The van der Waals surface area contributed by atoms with E-state index in [1.165, 1.54) is 5.56 Å². The molecule has 1 saturated heterocycles. The number of carbonyl (C=O) groups excluding carboxylic acids is 1. The summed E-state index contributed by atoms with van der Waals surface area (Å²) in [6, 6.07) is 20.2. The van der Waals surface area contributed by atoms with Crippen LogP contribution in [-0.2, 0) is 31.4 Å². The van der Waals surface area contributed by atoms with Crippen molar-refractivity contribution in [1.82, 2.24) is 24.3 Å². The van der Waals surface area contributed by atoms with Gasteiger partial charge in [0.1, 0.15) is 5.82 Å². The van der Waals surface area contributed by atoms with Crippen LogP contribution in [0.15, 0.2) is 66.9 Å². The van der Waals surface area contributed by atoms with Gasteiger partial charge in [0.05, 0.1) is 28.4 Å². The summed E-state index contributed by atoms with van der Waals surface area (Å²) in [5, 5.41) is 28.5. The molecule has 3 aromatic carbocycles. The lowest BCUT2D eigenvalue weighted by molar-refractivity contribution is -0.143. The monoisotopic (exact) mass is 775 g/mol. The van der Waals surface area contributed by atoms with E-state index in [2.05, 4.69) is 45.6 Å². The third-order valence-electron chi connectivity index (χ3n) is 12.2. The number of pyridine rings is 1. The third-order valence-corrected chi connectivity index (χ3v) is 12.6. The Morgan fingerprint density at radius 2 is 1.73 bits per heavy atom. The molecule has 292 valence electrons. The molecule has 1 aliphatic carbocycles. The van der Waals surface area contributed by atoms with Crippen molar-refractivity contribution in [2.24, 2.45) is 18.9 Å². The van der Waals surface area contributed by atoms with Crippen LogP contribution in [-0.4, -0.2) is 78.7 Å². The second-order valence-electron chi connectivity index (χ2n) is 15.9. The number of amides is 1. The molecule has 0 radical (unpaired) electrons. The van der Waals surface area contributed by atoms with Gasteiger partial charge in [0.2, 0.25) is 0 Å². The van der Waals surface area contributed by atoms with E-state index in [0.29, 0.717) is 35.5 Å². The summed E-state index contributed by atoms with van der Waals surface area (Å²) in [5.41, 5.74) is 7.38. The van der Waals surface area contributed by atoms with E-state index in [-0.39, 0.29) is 17.9 Å². The van der Waals surface area contributed by atoms with Gasteiger partial charge in [-0.1, -0.05) is 48.0 Å². The minimum absolute atomic E-state index is 0.186. The Labute approximate surface area is 332 Å². The molecule has 1 saturated carbocycles. The first-order chi connectivity index (χ1) is 27.1. The lowest BCUT2D eigenvalue weighted by Crippen LogP contribution is -2.33. The highest BCUT2D eigenvalue weighted by Crippen LogP contribution is 2.39. The Morgan fingerprint density at radius 1 is 0.946 bits per heavy atom. The van der Waals surface area contributed by atoms with Crippen molar-refractivity contribution in [1.29, 1.82) is 0 Å². The molecule has 0 bridgehead atoms. The molecule has 4 heterocycles. The maximum atomic E-state index is 13.8. The number of likely N-dealkylation sites (tertiary alicyclic amines) is 1. The molecule has 12 heteroatoms. The molecular weight excluding hydrogens is 726 g/mol. The Balaban J connectivity index is 0.941. The standard InChI is InChI=1S/C44H50ClN7O4/c1-27-33(5-3-7-36(27)47-41-34-14-11-29(23-31(34)15-19-46-41)24-52-21-17-32(53)25-52)35-6-4-8-37(40(35)45)49-43(54)42-48-38-26-51(22-18-39(38)50(42)2)20-16-28-9-12-30(13-10-28)44(55)56/h3-8,11,14-15,19,23,28,30,32,53H,9-10,12-13,16-18,20-22,24-26H2,1-2H3,(H,46,47)(H,49,54)(H,55,56)/t28?,30?,32-/m1/s1. The number of halogens is 1. The highest BCUT2D eigenvalue weighted by Gasteiger charge is 2.29. The number of carbonyl (C=O) groups is 2. The molecule has 2 fully saturated rings. The van der Waals surface area contributed by atoms with E-state index in [4.69, 9.17) is 21.6 Å². The number of imidazole rings is 1. The second-order valence-corrected chi connectivity index (χ2v) is 16.3. The molecule has 5 aromatic rings. The van der Waals surface area contributed by atoms with Crippen LogP contribution in [0.2, 0.25) is 5.02 Å². The van der Waals surface area contributed by atoms with Gasteiger partial charge in [0, 0.05) is 74.7 Å². The number of rotatable bonds is 11. The highest BCUT2D eigenvalue weighted by atomic mass is 35.5. The molecule has 3 aliphatic rings. The van der Waals surface area contributed by atoms with Crippen molar-refractivity contribution >= 4 is 51.4 Å². The minimum Gasteiger partial charge on any atom is -0.481 e. The average molecular weight is 776 g/mol. The fourth-order valence-electron chi connectivity index (χ4n) is 8.88. The lowest BCUT2D eigenvalue weighted by Gasteiger charge is -2.30. The first-order valence-electron chi connectivity index (χ1n) is 19.9. The number of aromatic nitrogens is 3. The van der Waals surface area contributed by atoms with Gasteiger partial charge >= 0.3 is 5.97 Å². The van der Waals surface area contributed by atoms with E-state index in [0.717, 1.165) is 121 Å². The molecule has 56 heavy (non-hydrogen) atoms. The number of hydrogen-bond acceptors (Lipinski definition) is 8. The van der Waals surface area contributed by atoms with Crippen molar-refractivity contribution in [3.8, 4) is 11.1 Å². The zero-order valence-corrected chi connectivity index (χ0v) is 32.9. The summed E-state index contributed by atoms with van der Waals surface area (Å²) in [6.45, 7) is 7.03. The number of β-amino-alcohol motifs (C(OH)–C–C–N with tert-alkyl or cyclic N) is 1. The van der Waals surface area contributed by atoms with Crippen LogP contribution >= 0.6 is 11.6 Å². The summed E-state index contributed by atoms with van der Waals surface area (Å²) < 4.78 is 1.91. The second kappa shape index (κ2) is 16.3. The third kappa shape index (κ3) is 8.04. The van der Waals surface area contributed by atoms with Crippen LogP contribution in [0.5, 0.6) is 0 Å². The van der Waals surface area contributed by atoms with Crippen LogP contribution in [0.4, 0.5) is 17.2 Å². The zero-order chi connectivity index (χ0) is 38.9. The fourth-order valence-corrected chi connectivity index (χ4v) is 9.16. The molecule has 2 aliphatic heterocycles. The van der Waals surface area contributed by atoms with E-state index in [1.54, 1.807) is 0 Å². The number of aliphatic hydroxyl groups excluding tert-OH is 1. The topological polar surface area (TPSA) is 136 Å². The van der Waals surface area contributed by atoms with Gasteiger partial charge < -0.3 is 25.4 Å². The summed E-state index contributed by atoms with van der Waals surface area (Å²) in [4.78, 5) is 39.3. The van der Waals surface area contributed by atoms with Crippen molar-refractivity contribution in [2.45, 2.75) is 71.1 Å². The molecular formula is C44H50ClN7O4. The van der Waals surface area contributed by atoms with Gasteiger partial charge in [-0.2, -0.15) is 0 Å². The zero-order valence-electron chi connectivity index (χ0n) is 32.1. The smallest absolute Gasteiger partial charge is 0.306 e. The Hall–Kier alpha value is -4.81. The van der Waals surface area contributed by atoms with E-state index in [1.807, 2.05) is 60.3 Å². The SMILES string of the molecule is Cc1c(Nc2nccc3cc(CN4CC[C@@H](O)C4)ccc23)cccc1-c1cccc(NC(=O)c2nc3c(n2C)CCN(CCC2CCC(C(=O)O)CC2)C3)c1Cl. The number of anilines is 3. The first kappa shape index (κ1) is 38.1. The number of aliphatic carboxylic acids is 1. The van der Waals surface area contributed by atoms with Crippen molar-refractivity contribution < 1.29 is 19.8 Å². The fraction of sp³-hybridized carbons (Fsp3) is 0.409. The predicted octanol–water partition coefficient (Wildman–Crippen LogP) is 7.80. The summed E-state index contributed by atoms with van der Waals surface area (Å²) in [6.07, 6.45) is 7.79. The molecule has 0 unspecified atom stereocenters. The quantitative estimate of drug-likeness (QED) is 0.106. The normalized spacial score (nSPS) is 20.2. The van der Waals surface area contributed by atoms with Crippen LogP contribution in [0.3, 0.4) is 0 Å². The van der Waals surface area contributed by atoms with Crippen molar-refractivity contribution in [2.75, 3.05) is 36.8 Å². The summed E-state index contributed by atoms with van der Waals surface area (Å²) in [7, 11) is 1.90. The summed E-state index contributed by atoms with van der Waals surface area (Å²) in [5.74, 6) is 0.535. The molecule has 1 amide bonds. The van der Waals surface area contributed by atoms with Gasteiger partial charge in [-0.15, -0.1) is 0 Å². The molecule has 0 spiro atoms. The number of nitrogens with one attached hydrogen (secondary N) is 2. The van der Waals surface area contributed by atoms with E-state index < -0.39 is 5.97 Å². The Morgan fingerprint density at radius 3 is 2.50 bits per heavy atom. The molecule has 11 nitrogen and oxygen atoms in total. The minimum atomic E-state index is -0.660. The Kier molecular flexibility index (Phi) is 11.1. The van der Waals surface area contributed by atoms with Gasteiger partial charge in [-0.25, -0.2) is 9.97 Å². The maximum absolute atomic E-state index is 13.8.